The molecular weight excluding hydrogens is 148 g/mol. The highest BCUT2D eigenvalue weighted by molar-refractivity contribution is 5.57. The zero-order valence-corrected chi connectivity index (χ0v) is 8.41. The predicted octanol–water partition coefficient (Wildman–Crippen LogP) is 2.85. The van der Waals surface area contributed by atoms with Crippen LogP contribution in [-0.2, 0) is 0 Å². The van der Waals surface area contributed by atoms with Gasteiger partial charge in [-0.1, -0.05) is 6.92 Å². The van der Waals surface area contributed by atoms with Gasteiger partial charge in [0.1, 0.15) is 0 Å². The Kier molecular flexibility index (Phi) is 5.26. The molecule has 0 rings (SSSR count). The number of hydrogen-bond acceptors (Lipinski definition) is 2. The highest BCUT2D eigenvalue weighted by Gasteiger charge is 2.08. The molecule has 0 N–H and O–H groups in total. The summed E-state index contributed by atoms with van der Waals surface area (Å²) in [6, 6.07) is 0. The Balaban J connectivity index is 4.04. The zero-order chi connectivity index (χ0) is 9.45. The van der Waals surface area contributed by atoms with Crippen LogP contribution in [0.4, 0.5) is 0 Å². The van der Waals surface area contributed by atoms with E-state index >= 15 is 0 Å². The Bertz CT molecular complexity index is 188. The van der Waals surface area contributed by atoms with Crippen molar-refractivity contribution in [1.29, 1.82) is 0 Å². The molecule has 2 nitrogen and oxygen atoms in total. The third-order valence-electron chi connectivity index (χ3n) is 1.32. The van der Waals surface area contributed by atoms with Gasteiger partial charge in [0.25, 0.3) is 0 Å². The summed E-state index contributed by atoms with van der Waals surface area (Å²) in [5.74, 6) is 0. The van der Waals surface area contributed by atoms with Crippen molar-refractivity contribution >= 4 is 12.4 Å². The summed E-state index contributed by atoms with van der Waals surface area (Å²) in [6.45, 7) is 8.08. The van der Waals surface area contributed by atoms with Gasteiger partial charge in [0.05, 0.1) is 5.54 Å². The smallest absolute Gasteiger partial charge is 0.0745 e. The molecule has 0 amide bonds. The molecule has 0 aliphatic rings. The Morgan fingerprint density at radius 2 is 2.00 bits per heavy atom. The quantitative estimate of drug-likeness (QED) is 0.574. The minimum Gasteiger partial charge on any atom is -0.288 e. The Labute approximate surface area is 75.1 Å². The molecule has 0 radical (unpaired) electrons. The van der Waals surface area contributed by atoms with Crippen molar-refractivity contribution in [2.45, 2.75) is 39.7 Å². The number of aliphatic imine (C=N–C) groups is 2. The molecule has 0 saturated heterocycles. The van der Waals surface area contributed by atoms with Crippen LogP contribution in [0.25, 0.3) is 0 Å². The molecule has 0 aromatic rings. The van der Waals surface area contributed by atoms with E-state index in [1.54, 1.807) is 6.20 Å². The average molecular weight is 166 g/mol. The molecule has 0 aromatic carbocycles. The lowest BCUT2D eigenvalue weighted by Gasteiger charge is -2.12. The van der Waals surface area contributed by atoms with Crippen molar-refractivity contribution < 1.29 is 0 Å². The van der Waals surface area contributed by atoms with Gasteiger partial charge >= 0.3 is 0 Å². The summed E-state index contributed by atoms with van der Waals surface area (Å²) in [4.78, 5) is 8.35. The van der Waals surface area contributed by atoms with E-state index < -0.39 is 0 Å². The van der Waals surface area contributed by atoms with E-state index in [4.69, 9.17) is 0 Å². The second-order valence-electron chi connectivity index (χ2n) is 3.10. The summed E-state index contributed by atoms with van der Waals surface area (Å²) in [5, 5.41) is 0. The molecule has 0 aliphatic carbocycles. The zero-order valence-electron chi connectivity index (χ0n) is 8.41. The van der Waals surface area contributed by atoms with Crippen LogP contribution in [0.3, 0.4) is 0 Å². The molecule has 0 unspecified atom stereocenters. The molecule has 0 aliphatic heterocycles. The number of hydrogen-bond donors (Lipinski definition) is 0. The first-order valence-corrected chi connectivity index (χ1v) is 4.31. The first kappa shape index (κ1) is 11.1. The summed E-state index contributed by atoms with van der Waals surface area (Å²) in [6.07, 6.45) is 8.45. The topological polar surface area (TPSA) is 24.7 Å². The minimum atomic E-state index is -0.125. The van der Waals surface area contributed by atoms with Crippen LogP contribution in [0.5, 0.6) is 0 Å². The molecule has 0 bridgehead atoms. The fraction of sp³-hybridized carbons (Fsp3) is 0.600. The van der Waals surface area contributed by atoms with E-state index in [2.05, 4.69) is 16.9 Å². The summed E-state index contributed by atoms with van der Waals surface area (Å²) < 4.78 is 0. The number of nitrogens with zero attached hydrogens (tertiary/aromatic N) is 2. The SMILES string of the molecule is CC=NC(C)(C)/C=C\N=CCC. The molecule has 68 valence electrons. The van der Waals surface area contributed by atoms with E-state index in [0.29, 0.717) is 0 Å². The van der Waals surface area contributed by atoms with Crippen LogP contribution in [0.15, 0.2) is 22.3 Å². The molecule has 0 spiro atoms. The predicted molar refractivity (Wildman–Crippen MR) is 56.2 cm³/mol. The molecule has 0 aromatic heterocycles. The lowest BCUT2D eigenvalue weighted by molar-refractivity contribution is 0.659. The van der Waals surface area contributed by atoms with Gasteiger partial charge in [-0.15, -0.1) is 0 Å². The maximum Gasteiger partial charge on any atom is 0.0745 e. The monoisotopic (exact) mass is 166 g/mol. The van der Waals surface area contributed by atoms with Gasteiger partial charge in [-0.05, 0) is 39.5 Å². The maximum absolute atomic E-state index is 4.27. The van der Waals surface area contributed by atoms with Gasteiger partial charge in [-0.25, -0.2) is 0 Å². The second-order valence-corrected chi connectivity index (χ2v) is 3.10. The lowest BCUT2D eigenvalue weighted by Crippen LogP contribution is -2.11. The van der Waals surface area contributed by atoms with Crippen LogP contribution < -0.4 is 0 Å². The van der Waals surface area contributed by atoms with Gasteiger partial charge in [0.15, 0.2) is 0 Å². The highest BCUT2D eigenvalue weighted by atomic mass is 14.8. The Morgan fingerprint density at radius 3 is 2.50 bits per heavy atom. The fourth-order valence-corrected chi connectivity index (χ4v) is 0.767. The third-order valence-corrected chi connectivity index (χ3v) is 1.32. The minimum absolute atomic E-state index is 0.125. The fourth-order valence-electron chi connectivity index (χ4n) is 0.767. The van der Waals surface area contributed by atoms with E-state index in [1.807, 2.05) is 39.3 Å². The standard InChI is InChI=1S/C10H18N2/c1-5-8-11-9-7-10(3,4)12-6-2/h6-9H,5H2,1-4H3/b9-7-,11-8?,12-6?. The van der Waals surface area contributed by atoms with Crippen molar-refractivity contribution in [2.24, 2.45) is 9.98 Å². The molecule has 0 heterocycles. The Morgan fingerprint density at radius 1 is 1.33 bits per heavy atom. The first-order valence-electron chi connectivity index (χ1n) is 4.31. The summed E-state index contributed by atoms with van der Waals surface area (Å²) in [7, 11) is 0. The van der Waals surface area contributed by atoms with Crippen molar-refractivity contribution in [2.75, 3.05) is 0 Å². The van der Waals surface area contributed by atoms with Crippen molar-refractivity contribution in [3.63, 3.8) is 0 Å². The van der Waals surface area contributed by atoms with Gasteiger partial charge in [0, 0.05) is 12.4 Å². The molecule has 0 fully saturated rings. The van der Waals surface area contributed by atoms with Gasteiger partial charge in [-0.2, -0.15) is 0 Å². The number of rotatable bonds is 4. The van der Waals surface area contributed by atoms with Crippen molar-refractivity contribution in [3.8, 4) is 0 Å². The van der Waals surface area contributed by atoms with E-state index in [-0.39, 0.29) is 5.54 Å². The average Bonchev–Trinajstić information content (AvgIpc) is 1.98. The first-order chi connectivity index (χ1) is 5.62. The largest absolute Gasteiger partial charge is 0.288 e. The van der Waals surface area contributed by atoms with Gasteiger partial charge in [-0.3, -0.25) is 9.98 Å². The van der Waals surface area contributed by atoms with Crippen LogP contribution >= 0.6 is 0 Å². The van der Waals surface area contributed by atoms with Crippen LogP contribution in [0.1, 0.15) is 34.1 Å². The normalized spacial score (nSPS) is 14.0. The lowest BCUT2D eigenvalue weighted by atomic mass is 10.1. The van der Waals surface area contributed by atoms with Crippen molar-refractivity contribution in [3.05, 3.63) is 12.3 Å². The van der Waals surface area contributed by atoms with Crippen LogP contribution in [0.2, 0.25) is 0 Å². The van der Waals surface area contributed by atoms with E-state index in [1.165, 1.54) is 0 Å². The van der Waals surface area contributed by atoms with Gasteiger partial charge in [0.2, 0.25) is 0 Å². The van der Waals surface area contributed by atoms with Crippen LogP contribution in [0, 0.1) is 0 Å². The van der Waals surface area contributed by atoms with E-state index in [0.717, 1.165) is 6.42 Å². The third kappa shape index (κ3) is 5.83. The molecule has 0 saturated carbocycles. The Hall–Kier alpha value is -0.920. The molecule has 0 atom stereocenters. The highest BCUT2D eigenvalue weighted by Crippen LogP contribution is 2.09. The van der Waals surface area contributed by atoms with Crippen molar-refractivity contribution in [1.82, 2.24) is 0 Å². The van der Waals surface area contributed by atoms with Crippen LogP contribution in [-0.4, -0.2) is 18.0 Å². The molecule has 12 heavy (non-hydrogen) atoms. The maximum atomic E-state index is 4.27. The molecular formula is C10H18N2. The summed E-state index contributed by atoms with van der Waals surface area (Å²) >= 11 is 0. The molecule has 2 heteroatoms. The van der Waals surface area contributed by atoms with Gasteiger partial charge < -0.3 is 0 Å². The van der Waals surface area contributed by atoms with E-state index in [9.17, 15) is 0 Å². The summed E-state index contributed by atoms with van der Waals surface area (Å²) in [5.41, 5.74) is -0.125. The second kappa shape index (κ2) is 5.70.